The van der Waals surface area contributed by atoms with Gasteiger partial charge in [-0.1, -0.05) is 6.07 Å². The predicted octanol–water partition coefficient (Wildman–Crippen LogP) is 2.75. The molecule has 1 saturated heterocycles. The van der Waals surface area contributed by atoms with Gasteiger partial charge in [-0.2, -0.15) is 0 Å². The molecule has 1 aliphatic heterocycles. The summed E-state index contributed by atoms with van der Waals surface area (Å²) in [5.41, 5.74) is 2.50. The van der Waals surface area contributed by atoms with Crippen molar-refractivity contribution in [3.63, 3.8) is 0 Å². The highest BCUT2D eigenvalue weighted by Crippen LogP contribution is 2.16. The van der Waals surface area contributed by atoms with Crippen molar-refractivity contribution in [1.29, 1.82) is 0 Å². The number of rotatable bonds is 6. The number of hydrogen-bond donors (Lipinski definition) is 2. The van der Waals surface area contributed by atoms with Crippen molar-refractivity contribution in [2.45, 2.75) is 45.6 Å². The molecule has 0 saturated carbocycles. The zero-order chi connectivity index (χ0) is 15.1. The SMILES string of the molecule is Cc1ccc(OCCCC(=O)NC2CCNCC2)cc1C.Cl. The molecule has 0 atom stereocenters. The number of benzene rings is 1. The van der Waals surface area contributed by atoms with Gasteiger partial charge in [0, 0.05) is 12.5 Å². The van der Waals surface area contributed by atoms with E-state index in [1.165, 1.54) is 11.1 Å². The van der Waals surface area contributed by atoms with Crippen LogP contribution in [-0.4, -0.2) is 31.6 Å². The largest absolute Gasteiger partial charge is 0.494 e. The standard InChI is InChI=1S/C17H26N2O2.ClH/c1-13-5-6-16(12-14(13)2)21-11-3-4-17(20)19-15-7-9-18-10-8-15;/h5-6,12,15,18H,3-4,7-11H2,1-2H3,(H,19,20);1H. The van der Waals surface area contributed by atoms with E-state index in [0.29, 0.717) is 19.1 Å². The third kappa shape index (κ3) is 6.24. The minimum absolute atomic E-state index is 0. The fraction of sp³-hybridized carbons (Fsp3) is 0.588. The quantitative estimate of drug-likeness (QED) is 0.790. The maximum absolute atomic E-state index is 11.8. The highest BCUT2D eigenvalue weighted by Gasteiger charge is 2.14. The molecule has 124 valence electrons. The van der Waals surface area contributed by atoms with Crippen LogP contribution in [0.3, 0.4) is 0 Å². The van der Waals surface area contributed by atoms with E-state index in [1.807, 2.05) is 12.1 Å². The molecule has 22 heavy (non-hydrogen) atoms. The van der Waals surface area contributed by atoms with Gasteiger partial charge in [-0.3, -0.25) is 4.79 Å². The lowest BCUT2D eigenvalue weighted by atomic mass is 10.1. The molecule has 0 spiro atoms. The number of nitrogens with one attached hydrogen (secondary N) is 2. The highest BCUT2D eigenvalue weighted by molar-refractivity contribution is 5.85. The lowest BCUT2D eigenvalue weighted by molar-refractivity contribution is -0.122. The first kappa shape index (κ1) is 18.8. The molecular formula is C17H27ClN2O2. The first-order valence-corrected chi connectivity index (χ1v) is 7.85. The zero-order valence-electron chi connectivity index (χ0n) is 13.5. The van der Waals surface area contributed by atoms with Crippen LogP contribution in [-0.2, 0) is 4.79 Å². The second-order valence-electron chi connectivity index (χ2n) is 5.79. The van der Waals surface area contributed by atoms with E-state index in [4.69, 9.17) is 4.74 Å². The number of carbonyl (C=O) groups is 1. The molecular weight excluding hydrogens is 300 g/mol. The molecule has 1 aromatic rings. The van der Waals surface area contributed by atoms with E-state index < -0.39 is 0 Å². The normalized spacial score (nSPS) is 15.0. The van der Waals surface area contributed by atoms with E-state index in [-0.39, 0.29) is 18.3 Å². The molecule has 0 radical (unpaired) electrons. The van der Waals surface area contributed by atoms with E-state index >= 15 is 0 Å². The monoisotopic (exact) mass is 326 g/mol. The van der Waals surface area contributed by atoms with Gasteiger partial charge in [0.15, 0.2) is 0 Å². The number of amides is 1. The third-order valence-electron chi connectivity index (χ3n) is 4.00. The molecule has 0 aliphatic carbocycles. The van der Waals surface area contributed by atoms with Crippen LogP contribution in [0.15, 0.2) is 18.2 Å². The van der Waals surface area contributed by atoms with Crippen LogP contribution < -0.4 is 15.4 Å². The van der Waals surface area contributed by atoms with Crippen LogP contribution in [0.2, 0.25) is 0 Å². The van der Waals surface area contributed by atoms with E-state index in [1.54, 1.807) is 0 Å². The Kier molecular flexibility index (Phi) is 8.28. The Hall–Kier alpha value is -1.26. The first-order valence-electron chi connectivity index (χ1n) is 7.85. The second kappa shape index (κ2) is 9.70. The molecule has 1 aliphatic rings. The average Bonchev–Trinajstić information content (AvgIpc) is 2.48. The number of hydrogen-bond acceptors (Lipinski definition) is 3. The van der Waals surface area contributed by atoms with Crippen LogP contribution >= 0.6 is 12.4 Å². The third-order valence-corrected chi connectivity index (χ3v) is 4.00. The van der Waals surface area contributed by atoms with Crippen LogP contribution in [0, 0.1) is 13.8 Å². The highest BCUT2D eigenvalue weighted by atomic mass is 35.5. The fourth-order valence-electron chi connectivity index (χ4n) is 2.49. The molecule has 1 fully saturated rings. The second-order valence-corrected chi connectivity index (χ2v) is 5.79. The Bertz CT molecular complexity index is 474. The summed E-state index contributed by atoms with van der Waals surface area (Å²) in [7, 11) is 0. The summed E-state index contributed by atoms with van der Waals surface area (Å²) in [4.78, 5) is 11.8. The molecule has 0 unspecified atom stereocenters. The van der Waals surface area contributed by atoms with Crippen molar-refractivity contribution < 1.29 is 9.53 Å². The Labute approximate surface area is 139 Å². The summed E-state index contributed by atoms with van der Waals surface area (Å²) in [6.45, 7) is 6.75. The lowest BCUT2D eigenvalue weighted by Crippen LogP contribution is -2.42. The summed E-state index contributed by atoms with van der Waals surface area (Å²) in [6, 6.07) is 6.44. The van der Waals surface area contributed by atoms with Gasteiger partial charge in [0.1, 0.15) is 5.75 Å². The Morgan fingerprint density at radius 3 is 2.68 bits per heavy atom. The molecule has 0 bridgehead atoms. The van der Waals surface area contributed by atoms with Gasteiger partial charge in [0.25, 0.3) is 0 Å². The topological polar surface area (TPSA) is 50.4 Å². The molecule has 2 N–H and O–H groups in total. The Balaban J connectivity index is 0.00000242. The van der Waals surface area contributed by atoms with Crippen LogP contribution in [0.5, 0.6) is 5.75 Å². The minimum Gasteiger partial charge on any atom is -0.494 e. The predicted molar refractivity (Wildman–Crippen MR) is 91.9 cm³/mol. The molecule has 1 heterocycles. The number of aryl methyl sites for hydroxylation is 2. The molecule has 5 heteroatoms. The van der Waals surface area contributed by atoms with Crippen molar-refractivity contribution in [3.8, 4) is 5.75 Å². The van der Waals surface area contributed by atoms with Crippen molar-refractivity contribution in [2.75, 3.05) is 19.7 Å². The molecule has 1 aromatic carbocycles. The first-order chi connectivity index (χ1) is 10.1. The van der Waals surface area contributed by atoms with Crippen LogP contribution in [0.25, 0.3) is 0 Å². The molecule has 4 nitrogen and oxygen atoms in total. The summed E-state index contributed by atoms with van der Waals surface area (Å²) >= 11 is 0. The lowest BCUT2D eigenvalue weighted by Gasteiger charge is -2.23. The minimum atomic E-state index is 0. The van der Waals surface area contributed by atoms with Gasteiger partial charge >= 0.3 is 0 Å². The number of carbonyl (C=O) groups excluding carboxylic acids is 1. The van der Waals surface area contributed by atoms with Crippen LogP contribution in [0.4, 0.5) is 0 Å². The zero-order valence-corrected chi connectivity index (χ0v) is 14.3. The number of halogens is 1. The van der Waals surface area contributed by atoms with E-state index in [0.717, 1.165) is 38.1 Å². The van der Waals surface area contributed by atoms with Crippen molar-refractivity contribution in [2.24, 2.45) is 0 Å². The Morgan fingerprint density at radius 2 is 2.00 bits per heavy atom. The van der Waals surface area contributed by atoms with Crippen molar-refractivity contribution >= 4 is 18.3 Å². The maximum Gasteiger partial charge on any atom is 0.220 e. The molecule has 2 rings (SSSR count). The fourth-order valence-corrected chi connectivity index (χ4v) is 2.49. The molecule has 1 amide bonds. The van der Waals surface area contributed by atoms with E-state index in [2.05, 4.69) is 30.5 Å². The van der Waals surface area contributed by atoms with Gasteiger partial charge in [-0.05, 0) is 69.5 Å². The number of piperidine rings is 1. The van der Waals surface area contributed by atoms with Crippen LogP contribution in [0.1, 0.15) is 36.8 Å². The molecule has 0 aromatic heterocycles. The van der Waals surface area contributed by atoms with Crippen molar-refractivity contribution in [3.05, 3.63) is 29.3 Å². The van der Waals surface area contributed by atoms with Gasteiger partial charge in [0.05, 0.1) is 6.61 Å². The average molecular weight is 327 g/mol. The van der Waals surface area contributed by atoms with Crippen molar-refractivity contribution in [1.82, 2.24) is 10.6 Å². The summed E-state index contributed by atoms with van der Waals surface area (Å²) in [5, 5.41) is 6.40. The Morgan fingerprint density at radius 1 is 1.27 bits per heavy atom. The van der Waals surface area contributed by atoms with Gasteiger partial charge in [0.2, 0.25) is 5.91 Å². The maximum atomic E-state index is 11.8. The smallest absolute Gasteiger partial charge is 0.220 e. The number of ether oxygens (including phenoxy) is 1. The summed E-state index contributed by atoms with van der Waals surface area (Å²) in [5.74, 6) is 1.03. The van der Waals surface area contributed by atoms with Gasteiger partial charge in [-0.25, -0.2) is 0 Å². The summed E-state index contributed by atoms with van der Waals surface area (Å²) in [6.07, 6.45) is 3.36. The van der Waals surface area contributed by atoms with Gasteiger partial charge in [-0.15, -0.1) is 12.4 Å². The summed E-state index contributed by atoms with van der Waals surface area (Å²) < 4.78 is 5.69. The van der Waals surface area contributed by atoms with Gasteiger partial charge < -0.3 is 15.4 Å². The van der Waals surface area contributed by atoms with E-state index in [9.17, 15) is 4.79 Å².